The third-order valence-electron chi connectivity index (χ3n) is 2.65. The van der Waals surface area contributed by atoms with E-state index in [0.717, 1.165) is 5.69 Å². The number of hydrogen-bond acceptors (Lipinski definition) is 2. The lowest BCUT2D eigenvalue weighted by Crippen LogP contribution is -2.37. The zero-order chi connectivity index (χ0) is 12.8. The molecule has 17 heavy (non-hydrogen) atoms. The number of carbonyl (C=O) groups is 1. The van der Waals surface area contributed by atoms with Gasteiger partial charge in [0.2, 0.25) is 5.91 Å². The fraction of sp³-hybridized carbons (Fsp3) is 0.357. The highest BCUT2D eigenvalue weighted by molar-refractivity contribution is 5.84. The molecular weight excluding hydrogens is 212 g/mol. The normalized spacial score (nSPS) is 11.4. The summed E-state index contributed by atoms with van der Waals surface area (Å²) < 4.78 is 0. The number of amides is 1. The lowest BCUT2D eigenvalue weighted by atomic mass is 10.1. The average Bonchev–Trinajstić information content (AvgIpc) is 2.30. The molecule has 0 aliphatic heterocycles. The van der Waals surface area contributed by atoms with Crippen LogP contribution < -0.4 is 10.6 Å². The molecule has 1 amide bonds. The van der Waals surface area contributed by atoms with E-state index in [0.29, 0.717) is 0 Å². The molecule has 0 aliphatic rings. The second kappa shape index (κ2) is 5.95. The number of anilines is 1. The summed E-state index contributed by atoms with van der Waals surface area (Å²) in [6.07, 6.45) is 5.08. The number of hydrogen-bond donors (Lipinski definition) is 2. The monoisotopic (exact) mass is 230 g/mol. The highest BCUT2D eigenvalue weighted by atomic mass is 16.2. The molecule has 3 nitrogen and oxygen atoms in total. The van der Waals surface area contributed by atoms with Crippen molar-refractivity contribution < 1.29 is 4.79 Å². The molecular formula is C14H18N2O. The number of nitrogens with one attached hydrogen (secondary N) is 2. The number of rotatable bonds is 4. The van der Waals surface area contributed by atoms with E-state index in [1.165, 1.54) is 11.1 Å². The van der Waals surface area contributed by atoms with E-state index < -0.39 is 0 Å². The molecule has 0 aliphatic carbocycles. The van der Waals surface area contributed by atoms with E-state index in [-0.39, 0.29) is 18.5 Å². The van der Waals surface area contributed by atoms with Crippen molar-refractivity contribution in [1.82, 2.24) is 5.32 Å². The smallest absolute Gasteiger partial charge is 0.242 e. The minimum Gasteiger partial charge on any atom is -0.374 e. The minimum atomic E-state index is -0.301. The Balaban J connectivity index is 2.62. The van der Waals surface area contributed by atoms with Crippen molar-refractivity contribution in [1.29, 1.82) is 0 Å². The quantitative estimate of drug-likeness (QED) is 0.775. The summed E-state index contributed by atoms with van der Waals surface area (Å²) in [7, 11) is 0. The number of benzene rings is 1. The summed E-state index contributed by atoms with van der Waals surface area (Å²) in [6, 6.07) is 5.72. The molecule has 0 unspecified atom stereocenters. The summed E-state index contributed by atoms with van der Waals surface area (Å²) in [4.78, 5) is 11.6. The van der Waals surface area contributed by atoms with Crippen LogP contribution >= 0.6 is 0 Å². The SMILES string of the molecule is C#CCNC(=O)[C@@H](C)Nc1ccc(C)c(C)c1. The van der Waals surface area contributed by atoms with E-state index in [4.69, 9.17) is 6.42 Å². The molecule has 3 heteroatoms. The Hall–Kier alpha value is -1.95. The van der Waals surface area contributed by atoms with E-state index in [1.54, 1.807) is 6.92 Å². The van der Waals surface area contributed by atoms with Gasteiger partial charge in [-0.3, -0.25) is 4.79 Å². The van der Waals surface area contributed by atoms with Crippen molar-refractivity contribution in [2.24, 2.45) is 0 Å². The largest absolute Gasteiger partial charge is 0.374 e. The second-order valence-electron chi connectivity index (χ2n) is 4.09. The third-order valence-corrected chi connectivity index (χ3v) is 2.65. The van der Waals surface area contributed by atoms with Gasteiger partial charge in [-0.2, -0.15) is 0 Å². The molecule has 1 aromatic carbocycles. The standard InChI is InChI=1S/C14H18N2O/c1-5-8-15-14(17)12(4)16-13-7-6-10(2)11(3)9-13/h1,6-7,9,12,16H,8H2,2-4H3,(H,15,17)/t12-/m1/s1. The first-order chi connectivity index (χ1) is 8.04. The molecule has 1 atom stereocenters. The lowest BCUT2D eigenvalue weighted by molar-refractivity contribution is -0.121. The van der Waals surface area contributed by atoms with Gasteiger partial charge >= 0.3 is 0 Å². The van der Waals surface area contributed by atoms with Crippen LogP contribution in [0.2, 0.25) is 0 Å². The Labute approximate surface area is 103 Å². The topological polar surface area (TPSA) is 41.1 Å². The van der Waals surface area contributed by atoms with Crippen molar-refractivity contribution in [2.45, 2.75) is 26.8 Å². The van der Waals surface area contributed by atoms with Crippen LogP contribution in [0.25, 0.3) is 0 Å². The van der Waals surface area contributed by atoms with Gasteiger partial charge in [0, 0.05) is 5.69 Å². The van der Waals surface area contributed by atoms with Crippen LogP contribution in [0.15, 0.2) is 18.2 Å². The fourth-order valence-electron chi connectivity index (χ4n) is 1.44. The second-order valence-corrected chi connectivity index (χ2v) is 4.09. The van der Waals surface area contributed by atoms with Crippen molar-refractivity contribution >= 4 is 11.6 Å². The van der Waals surface area contributed by atoms with Crippen molar-refractivity contribution in [3.63, 3.8) is 0 Å². The lowest BCUT2D eigenvalue weighted by Gasteiger charge is -2.15. The summed E-state index contributed by atoms with van der Waals surface area (Å²) in [6.45, 7) is 6.17. The van der Waals surface area contributed by atoms with Crippen LogP contribution in [-0.2, 0) is 4.79 Å². The Morgan fingerprint density at radius 2 is 2.12 bits per heavy atom. The van der Waals surface area contributed by atoms with Gasteiger partial charge in [0.25, 0.3) is 0 Å². The maximum atomic E-state index is 11.6. The van der Waals surface area contributed by atoms with Crippen LogP contribution in [0, 0.1) is 26.2 Å². The van der Waals surface area contributed by atoms with Gasteiger partial charge < -0.3 is 10.6 Å². The summed E-state index contributed by atoms with van der Waals surface area (Å²) in [5.74, 6) is 2.28. The van der Waals surface area contributed by atoms with Crippen LogP contribution in [0.4, 0.5) is 5.69 Å². The Bertz CT molecular complexity index is 446. The molecule has 0 aromatic heterocycles. The minimum absolute atomic E-state index is 0.0961. The van der Waals surface area contributed by atoms with Gasteiger partial charge in [-0.25, -0.2) is 0 Å². The van der Waals surface area contributed by atoms with Crippen LogP contribution in [-0.4, -0.2) is 18.5 Å². The Kier molecular flexibility index (Phi) is 4.59. The number of aryl methyl sites for hydroxylation is 2. The maximum absolute atomic E-state index is 11.6. The molecule has 0 saturated heterocycles. The summed E-state index contributed by atoms with van der Waals surface area (Å²) in [5.41, 5.74) is 3.38. The van der Waals surface area contributed by atoms with E-state index in [2.05, 4.69) is 23.5 Å². The summed E-state index contributed by atoms with van der Waals surface area (Å²) >= 11 is 0. The Morgan fingerprint density at radius 3 is 2.71 bits per heavy atom. The van der Waals surface area contributed by atoms with Crippen molar-refractivity contribution in [2.75, 3.05) is 11.9 Å². The molecule has 0 radical (unpaired) electrons. The molecule has 1 rings (SSSR count). The van der Waals surface area contributed by atoms with Gasteiger partial charge in [0.15, 0.2) is 0 Å². The first-order valence-corrected chi connectivity index (χ1v) is 5.59. The molecule has 1 aromatic rings. The first-order valence-electron chi connectivity index (χ1n) is 5.59. The van der Waals surface area contributed by atoms with E-state index >= 15 is 0 Å². The molecule has 2 N–H and O–H groups in total. The molecule has 0 heterocycles. The van der Waals surface area contributed by atoms with Crippen LogP contribution in [0.5, 0.6) is 0 Å². The highest BCUT2D eigenvalue weighted by Crippen LogP contribution is 2.14. The molecule has 0 bridgehead atoms. The Morgan fingerprint density at radius 1 is 1.41 bits per heavy atom. The highest BCUT2D eigenvalue weighted by Gasteiger charge is 2.11. The molecule has 0 fully saturated rings. The average molecular weight is 230 g/mol. The molecule has 0 spiro atoms. The number of carbonyl (C=O) groups excluding carboxylic acids is 1. The van der Waals surface area contributed by atoms with E-state index in [9.17, 15) is 4.79 Å². The predicted molar refractivity (Wildman–Crippen MR) is 70.8 cm³/mol. The zero-order valence-electron chi connectivity index (χ0n) is 10.5. The van der Waals surface area contributed by atoms with Crippen molar-refractivity contribution in [3.8, 4) is 12.3 Å². The van der Waals surface area contributed by atoms with Gasteiger partial charge in [-0.15, -0.1) is 6.42 Å². The van der Waals surface area contributed by atoms with Crippen LogP contribution in [0.3, 0.4) is 0 Å². The summed E-state index contributed by atoms with van der Waals surface area (Å²) in [5, 5.41) is 5.78. The van der Waals surface area contributed by atoms with Gasteiger partial charge in [0.05, 0.1) is 6.54 Å². The van der Waals surface area contributed by atoms with Gasteiger partial charge in [-0.1, -0.05) is 12.0 Å². The number of terminal acetylenes is 1. The van der Waals surface area contributed by atoms with Gasteiger partial charge in [0.1, 0.15) is 6.04 Å². The van der Waals surface area contributed by atoms with Crippen molar-refractivity contribution in [3.05, 3.63) is 29.3 Å². The predicted octanol–water partition coefficient (Wildman–Crippen LogP) is 1.85. The molecule has 90 valence electrons. The van der Waals surface area contributed by atoms with Gasteiger partial charge in [-0.05, 0) is 44.0 Å². The molecule has 0 saturated carbocycles. The fourth-order valence-corrected chi connectivity index (χ4v) is 1.44. The zero-order valence-corrected chi connectivity index (χ0v) is 10.5. The first kappa shape index (κ1) is 13.1. The third kappa shape index (κ3) is 3.84. The van der Waals surface area contributed by atoms with Crippen LogP contribution in [0.1, 0.15) is 18.1 Å². The maximum Gasteiger partial charge on any atom is 0.242 e. The van der Waals surface area contributed by atoms with E-state index in [1.807, 2.05) is 25.1 Å².